The Morgan fingerprint density at radius 2 is 1.62 bits per heavy atom. The number of anilines is 1. The molecule has 0 saturated carbocycles. The molecule has 0 heterocycles. The molecule has 0 aliphatic carbocycles. The minimum absolute atomic E-state index is 0.0350. The van der Waals surface area contributed by atoms with E-state index in [-0.39, 0.29) is 23.0 Å². The van der Waals surface area contributed by atoms with Crippen molar-refractivity contribution in [2.75, 3.05) is 31.6 Å². The summed E-state index contributed by atoms with van der Waals surface area (Å²) >= 11 is 6.19. The van der Waals surface area contributed by atoms with Gasteiger partial charge in [0.15, 0.2) is 0 Å². The number of ether oxygens (including phenoxy) is 2. The van der Waals surface area contributed by atoms with Gasteiger partial charge in [0.05, 0.1) is 24.8 Å². The number of amides is 2. The Morgan fingerprint density at radius 1 is 0.949 bits per heavy atom. The SMILES string of the molecule is CCNC(=O)C(C)N(Cc1cccc(OC)c1)C(=O)CN(c1cccc(Cl)c1)S(=O)(=O)c1ccc(OC)cc1. The molecule has 3 aromatic carbocycles. The van der Waals surface area contributed by atoms with Crippen LogP contribution in [0.1, 0.15) is 19.4 Å². The fourth-order valence-corrected chi connectivity index (χ4v) is 5.50. The van der Waals surface area contributed by atoms with Gasteiger partial charge in [0.25, 0.3) is 10.0 Å². The van der Waals surface area contributed by atoms with Crippen LogP contribution in [0.25, 0.3) is 0 Å². The molecule has 1 unspecified atom stereocenters. The Bertz CT molecular complexity index is 1400. The van der Waals surface area contributed by atoms with Gasteiger partial charge >= 0.3 is 0 Å². The Balaban J connectivity index is 2.03. The summed E-state index contributed by atoms with van der Waals surface area (Å²) in [5, 5.41) is 3.03. The summed E-state index contributed by atoms with van der Waals surface area (Å²) in [4.78, 5) is 28.0. The molecule has 3 rings (SSSR count). The summed E-state index contributed by atoms with van der Waals surface area (Å²) in [6.07, 6.45) is 0. The number of nitrogens with zero attached hydrogens (tertiary/aromatic N) is 2. The Labute approximate surface area is 234 Å². The van der Waals surface area contributed by atoms with Crippen molar-refractivity contribution < 1.29 is 27.5 Å². The van der Waals surface area contributed by atoms with E-state index in [1.807, 2.05) is 0 Å². The molecule has 0 bridgehead atoms. The van der Waals surface area contributed by atoms with Gasteiger partial charge in [0, 0.05) is 18.1 Å². The number of sulfonamides is 1. The van der Waals surface area contributed by atoms with Crippen LogP contribution in [0.3, 0.4) is 0 Å². The highest BCUT2D eigenvalue weighted by Gasteiger charge is 2.32. The first-order chi connectivity index (χ1) is 18.6. The summed E-state index contributed by atoms with van der Waals surface area (Å²) in [6.45, 7) is 3.25. The number of likely N-dealkylation sites (N-methyl/N-ethyl adjacent to an activating group) is 1. The van der Waals surface area contributed by atoms with Crippen molar-refractivity contribution in [3.8, 4) is 11.5 Å². The largest absolute Gasteiger partial charge is 0.497 e. The first-order valence-corrected chi connectivity index (χ1v) is 14.0. The maximum Gasteiger partial charge on any atom is 0.264 e. The van der Waals surface area contributed by atoms with Crippen LogP contribution in [-0.4, -0.2) is 58.5 Å². The number of halogens is 1. The molecule has 9 nitrogen and oxygen atoms in total. The van der Waals surface area contributed by atoms with Crippen molar-refractivity contribution in [3.05, 3.63) is 83.4 Å². The van der Waals surface area contributed by atoms with E-state index in [0.29, 0.717) is 28.6 Å². The zero-order valence-corrected chi connectivity index (χ0v) is 23.8. The zero-order valence-electron chi connectivity index (χ0n) is 22.3. The average Bonchev–Trinajstić information content (AvgIpc) is 2.94. The van der Waals surface area contributed by atoms with Crippen molar-refractivity contribution in [2.24, 2.45) is 0 Å². The molecule has 2 amide bonds. The lowest BCUT2D eigenvalue weighted by Crippen LogP contribution is -2.51. The van der Waals surface area contributed by atoms with Crippen LogP contribution in [0.2, 0.25) is 5.02 Å². The molecule has 0 radical (unpaired) electrons. The number of hydrogen-bond acceptors (Lipinski definition) is 6. The zero-order chi connectivity index (χ0) is 28.6. The minimum atomic E-state index is -4.21. The minimum Gasteiger partial charge on any atom is -0.497 e. The summed E-state index contributed by atoms with van der Waals surface area (Å²) in [7, 11) is -1.20. The van der Waals surface area contributed by atoms with Gasteiger partial charge in [-0.3, -0.25) is 13.9 Å². The lowest BCUT2D eigenvalue weighted by Gasteiger charge is -2.32. The van der Waals surface area contributed by atoms with Gasteiger partial charge in [-0.1, -0.05) is 29.8 Å². The Morgan fingerprint density at radius 3 is 2.23 bits per heavy atom. The molecule has 0 aliphatic heterocycles. The van der Waals surface area contributed by atoms with Gasteiger partial charge in [0.1, 0.15) is 24.1 Å². The molecule has 11 heteroatoms. The normalized spacial score (nSPS) is 11.8. The Hall–Kier alpha value is -3.76. The number of nitrogens with one attached hydrogen (secondary N) is 1. The molecule has 0 saturated heterocycles. The second-order valence-corrected chi connectivity index (χ2v) is 10.9. The van der Waals surface area contributed by atoms with Crippen molar-refractivity contribution >= 4 is 39.1 Å². The van der Waals surface area contributed by atoms with E-state index in [1.54, 1.807) is 56.3 Å². The molecule has 208 valence electrons. The maximum absolute atomic E-state index is 13.9. The summed E-state index contributed by atoms with van der Waals surface area (Å²) in [5.41, 5.74) is 0.921. The third-order valence-corrected chi connectivity index (χ3v) is 8.05. The van der Waals surface area contributed by atoms with E-state index in [4.69, 9.17) is 21.1 Å². The smallest absolute Gasteiger partial charge is 0.264 e. The average molecular weight is 574 g/mol. The molecule has 1 atom stereocenters. The van der Waals surface area contributed by atoms with Crippen LogP contribution in [-0.2, 0) is 26.2 Å². The topological polar surface area (TPSA) is 105 Å². The fourth-order valence-electron chi connectivity index (χ4n) is 3.91. The molecule has 0 spiro atoms. The van der Waals surface area contributed by atoms with Gasteiger partial charge in [-0.05, 0) is 74.0 Å². The van der Waals surface area contributed by atoms with Crippen LogP contribution in [0.4, 0.5) is 5.69 Å². The fraction of sp³-hybridized carbons (Fsp3) is 0.286. The highest BCUT2D eigenvalue weighted by molar-refractivity contribution is 7.92. The van der Waals surface area contributed by atoms with E-state index in [1.165, 1.54) is 49.5 Å². The number of carbonyl (C=O) groups is 2. The number of benzene rings is 3. The number of rotatable bonds is 12. The first kappa shape index (κ1) is 29.8. The summed E-state index contributed by atoms with van der Waals surface area (Å²) in [5.74, 6) is 0.141. The van der Waals surface area contributed by atoms with Gasteiger partial charge in [-0.25, -0.2) is 8.42 Å². The quantitative estimate of drug-likeness (QED) is 0.350. The van der Waals surface area contributed by atoms with E-state index in [2.05, 4.69) is 5.32 Å². The van der Waals surface area contributed by atoms with E-state index in [0.717, 1.165) is 4.31 Å². The predicted octanol–water partition coefficient (Wildman–Crippen LogP) is 4.11. The van der Waals surface area contributed by atoms with Gasteiger partial charge in [-0.15, -0.1) is 0 Å². The predicted molar refractivity (Wildman–Crippen MR) is 151 cm³/mol. The second-order valence-electron chi connectivity index (χ2n) is 8.61. The standard InChI is InChI=1S/C28H32ClN3O6S/c1-5-30-28(34)20(2)31(18-21-8-6-11-25(16-21)38-4)27(33)19-32(23-10-7-9-22(29)17-23)39(35,36)26-14-12-24(37-3)13-15-26/h6-17,20H,5,18-19H2,1-4H3,(H,30,34). The monoisotopic (exact) mass is 573 g/mol. The molecule has 39 heavy (non-hydrogen) atoms. The molecule has 1 N–H and O–H groups in total. The van der Waals surface area contributed by atoms with Crippen molar-refractivity contribution in [1.29, 1.82) is 0 Å². The van der Waals surface area contributed by atoms with E-state index in [9.17, 15) is 18.0 Å². The molecule has 0 aromatic heterocycles. The number of carbonyl (C=O) groups excluding carboxylic acids is 2. The third kappa shape index (κ3) is 7.42. The lowest BCUT2D eigenvalue weighted by atomic mass is 10.1. The highest BCUT2D eigenvalue weighted by Crippen LogP contribution is 2.28. The first-order valence-electron chi connectivity index (χ1n) is 12.2. The number of hydrogen-bond donors (Lipinski definition) is 1. The third-order valence-electron chi connectivity index (χ3n) is 6.03. The van der Waals surface area contributed by atoms with Gasteiger partial charge < -0.3 is 19.7 Å². The van der Waals surface area contributed by atoms with E-state index >= 15 is 0 Å². The summed E-state index contributed by atoms with van der Waals surface area (Å²) in [6, 6.07) is 18.3. The second kappa shape index (κ2) is 13.3. The summed E-state index contributed by atoms with van der Waals surface area (Å²) < 4.78 is 39.1. The number of methoxy groups -OCH3 is 2. The molecular formula is C28H32ClN3O6S. The van der Waals surface area contributed by atoms with Crippen LogP contribution >= 0.6 is 11.6 Å². The van der Waals surface area contributed by atoms with Gasteiger partial charge in [0.2, 0.25) is 11.8 Å². The molecule has 0 fully saturated rings. The van der Waals surface area contributed by atoms with Crippen molar-refractivity contribution in [3.63, 3.8) is 0 Å². The maximum atomic E-state index is 13.9. The van der Waals surface area contributed by atoms with Crippen LogP contribution in [0.15, 0.2) is 77.7 Å². The van der Waals surface area contributed by atoms with Crippen LogP contribution in [0.5, 0.6) is 11.5 Å². The molecule has 3 aromatic rings. The molecular weight excluding hydrogens is 542 g/mol. The van der Waals surface area contributed by atoms with Crippen molar-refractivity contribution in [1.82, 2.24) is 10.2 Å². The van der Waals surface area contributed by atoms with Crippen molar-refractivity contribution in [2.45, 2.75) is 31.3 Å². The van der Waals surface area contributed by atoms with E-state index < -0.39 is 28.5 Å². The van der Waals surface area contributed by atoms with Gasteiger partial charge in [-0.2, -0.15) is 0 Å². The lowest BCUT2D eigenvalue weighted by molar-refractivity contribution is -0.139. The van der Waals surface area contributed by atoms with Crippen LogP contribution in [0, 0.1) is 0 Å². The molecule has 0 aliphatic rings. The highest BCUT2D eigenvalue weighted by atomic mass is 35.5. The van der Waals surface area contributed by atoms with Crippen LogP contribution < -0.4 is 19.1 Å². The Kier molecular flexibility index (Phi) is 10.2.